The quantitative estimate of drug-likeness (QED) is 0.608. The van der Waals surface area contributed by atoms with Crippen LogP contribution in [-0.2, 0) is 11.3 Å². The Bertz CT molecular complexity index is 335. The average molecular weight is 263 g/mol. The van der Waals surface area contributed by atoms with E-state index >= 15 is 0 Å². The van der Waals surface area contributed by atoms with E-state index in [9.17, 15) is 4.79 Å². The van der Waals surface area contributed by atoms with Crippen molar-refractivity contribution in [3.63, 3.8) is 0 Å². The predicted octanol–water partition coefficient (Wildman–Crippen LogP) is 0.314. The molecule has 0 saturated heterocycles. The fraction of sp³-hybridized carbons (Fsp3) is 0.375. The molecule has 1 aromatic rings. The summed E-state index contributed by atoms with van der Waals surface area (Å²) in [6.07, 6.45) is 0.653. The molecule has 1 rings (SSSR count). The maximum absolute atomic E-state index is 11.2. The number of aliphatic hydroxyl groups is 1. The first-order chi connectivity index (χ1) is 6.54. The number of carbonyl (C=O) groups is 1. The van der Waals surface area contributed by atoms with Gasteiger partial charge in [0.05, 0.1) is 13.7 Å². The van der Waals surface area contributed by atoms with E-state index in [0.29, 0.717) is 5.69 Å². The van der Waals surface area contributed by atoms with Crippen LogP contribution in [-0.4, -0.2) is 29.0 Å². The normalized spacial score (nSPS) is 12.6. The summed E-state index contributed by atoms with van der Waals surface area (Å²) < 4.78 is 6.83. The van der Waals surface area contributed by atoms with Crippen LogP contribution in [0.1, 0.15) is 10.5 Å². The third kappa shape index (κ3) is 2.57. The fourth-order valence-corrected chi connectivity index (χ4v) is 1.57. The summed E-state index contributed by atoms with van der Waals surface area (Å²) in [5.74, 6) is -0.462. The van der Waals surface area contributed by atoms with Crippen molar-refractivity contribution in [1.82, 2.24) is 4.57 Å². The topological polar surface area (TPSA) is 77.5 Å². The Morgan fingerprint density at radius 2 is 2.50 bits per heavy atom. The number of carbonyl (C=O) groups excluding carboxylic acids is 1. The number of nitrogens with zero attached hydrogens (tertiary/aromatic N) is 1. The van der Waals surface area contributed by atoms with Gasteiger partial charge in [-0.15, -0.1) is 0 Å². The Kier molecular flexibility index (Phi) is 3.68. The minimum Gasteiger partial charge on any atom is -0.464 e. The van der Waals surface area contributed by atoms with Crippen LogP contribution in [0.15, 0.2) is 16.7 Å². The van der Waals surface area contributed by atoms with Gasteiger partial charge >= 0.3 is 5.97 Å². The van der Waals surface area contributed by atoms with Crippen LogP contribution >= 0.6 is 15.9 Å². The van der Waals surface area contributed by atoms with Crippen molar-refractivity contribution < 1.29 is 14.6 Å². The number of aliphatic hydroxyl groups excluding tert-OH is 1. The van der Waals surface area contributed by atoms with Crippen molar-refractivity contribution in [3.05, 3.63) is 22.4 Å². The zero-order valence-electron chi connectivity index (χ0n) is 7.61. The zero-order chi connectivity index (χ0) is 10.7. The van der Waals surface area contributed by atoms with Gasteiger partial charge in [0.25, 0.3) is 0 Å². The molecule has 14 heavy (non-hydrogen) atoms. The molecule has 0 saturated carbocycles. The van der Waals surface area contributed by atoms with Crippen molar-refractivity contribution >= 4 is 21.9 Å². The van der Waals surface area contributed by atoms with Gasteiger partial charge in [-0.3, -0.25) is 0 Å². The maximum atomic E-state index is 11.2. The third-order valence-electron chi connectivity index (χ3n) is 1.64. The number of rotatable bonds is 3. The van der Waals surface area contributed by atoms with E-state index in [4.69, 9.17) is 10.8 Å². The molecule has 0 amide bonds. The molecule has 1 heterocycles. The van der Waals surface area contributed by atoms with Crippen LogP contribution < -0.4 is 5.73 Å². The molecule has 0 aliphatic heterocycles. The number of halogens is 1. The number of ether oxygens (including phenoxy) is 1. The van der Waals surface area contributed by atoms with E-state index in [1.54, 1.807) is 12.3 Å². The molecule has 1 atom stereocenters. The van der Waals surface area contributed by atoms with Gasteiger partial charge in [0.15, 0.2) is 0 Å². The first-order valence-corrected chi connectivity index (χ1v) is 4.71. The molecule has 0 spiro atoms. The number of methoxy groups -OCH3 is 1. The van der Waals surface area contributed by atoms with Crippen LogP contribution in [0.4, 0.5) is 0 Å². The monoisotopic (exact) mass is 262 g/mol. The molecule has 5 nitrogen and oxygen atoms in total. The highest BCUT2D eigenvalue weighted by Gasteiger charge is 2.14. The molecule has 0 radical (unpaired) electrons. The van der Waals surface area contributed by atoms with E-state index in [1.807, 2.05) is 0 Å². The van der Waals surface area contributed by atoms with Crippen molar-refractivity contribution in [2.24, 2.45) is 5.73 Å². The van der Waals surface area contributed by atoms with Crippen LogP contribution in [0.3, 0.4) is 0 Å². The molecule has 1 unspecified atom stereocenters. The Morgan fingerprint density at radius 1 is 1.86 bits per heavy atom. The molecule has 0 aliphatic carbocycles. The number of hydrogen-bond donors (Lipinski definition) is 2. The van der Waals surface area contributed by atoms with Crippen molar-refractivity contribution in [2.75, 3.05) is 7.11 Å². The van der Waals surface area contributed by atoms with E-state index in [-0.39, 0.29) is 6.54 Å². The molecular formula is C8H11BrN2O3. The molecule has 78 valence electrons. The summed E-state index contributed by atoms with van der Waals surface area (Å²) in [6.45, 7) is 0.149. The summed E-state index contributed by atoms with van der Waals surface area (Å²) in [4.78, 5) is 11.2. The standard InChI is InChI=1S/C8H11BrN2O3/c1-14-8(13)6-2-5(9)3-11(6)4-7(10)12/h2-3,7,12H,4,10H2,1H3. The Labute approximate surface area is 89.6 Å². The van der Waals surface area contributed by atoms with E-state index < -0.39 is 12.2 Å². The highest BCUT2D eigenvalue weighted by Crippen LogP contribution is 2.15. The van der Waals surface area contributed by atoms with Crippen LogP contribution in [0.25, 0.3) is 0 Å². The lowest BCUT2D eigenvalue weighted by Crippen LogP contribution is -2.26. The minimum atomic E-state index is -1.00. The molecule has 0 aromatic carbocycles. The van der Waals surface area contributed by atoms with Crippen LogP contribution in [0.2, 0.25) is 0 Å². The van der Waals surface area contributed by atoms with Gasteiger partial charge in [-0.2, -0.15) is 0 Å². The number of hydrogen-bond acceptors (Lipinski definition) is 4. The highest BCUT2D eigenvalue weighted by molar-refractivity contribution is 9.10. The molecule has 0 aliphatic rings. The largest absolute Gasteiger partial charge is 0.464 e. The maximum Gasteiger partial charge on any atom is 0.354 e. The van der Waals surface area contributed by atoms with Crippen LogP contribution in [0.5, 0.6) is 0 Å². The van der Waals surface area contributed by atoms with Gasteiger partial charge in [-0.1, -0.05) is 0 Å². The lowest BCUT2D eigenvalue weighted by Gasteiger charge is -2.08. The number of aromatic nitrogens is 1. The molecule has 1 aromatic heterocycles. The average Bonchev–Trinajstić information content (AvgIpc) is 2.44. The summed E-state index contributed by atoms with van der Waals surface area (Å²) in [5.41, 5.74) is 5.56. The molecular weight excluding hydrogens is 252 g/mol. The lowest BCUT2D eigenvalue weighted by atomic mass is 10.4. The lowest BCUT2D eigenvalue weighted by molar-refractivity contribution is 0.0584. The van der Waals surface area contributed by atoms with Gasteiger partial charge < -0.3 is 20.1 Å². The first kappa shape index (κ1) is 11.2. The Hall–Kier alpha value is -0.850. The van der Waals surface area contributed by atoms with Gasteiger partial charge in [-0.05, 0) is 22.0 Å². The van der Waals surface area contributed by atoms with Crippen LogP contribution in [0, 0.1) is 0 Å². The van der Waals surface area contributed by atoms with E-state index in [1.165, 1.54) is 11.7 Å². The summed E-state index contributed by atoms with van der Waals surface area (Å²) in [6, 6.07) is 1.61. The van der Waals surface area contributed by atoms with E-state index in [0.717, 1.165) is 4.47 Å². The Morgan fingerprint density at radius 3 is 3.00 bits per heavy atom. The summed E-state index contributed by atoms with van der Waals surface area (Å²) >= 11 is 3.22. The Balaban J connectivity index is 2.96. The van der Waals surface area contributed by atoms with Gasteiger partial charge in [0.1, 0.15) is 11.9 Å². The zero-order valence-corrected chi connectivity index (χ0v) is 9.19. The van der Waals surface area contributed by atoms with Gasteiger partial charge in [-0.25, -0.2) is 4.79 Å². The second-order valence-corrected chi connectivity index (χ2v) is 3.67. The number of esters is 1. The van der Waals surface area contributed by atoms with Crippen molar-refractivity contribution in [2.45, 2.75) is 12.8 Å². The third-order valence-corrected chi connectivity index (χ3v) is 2.08. The predicted molar refractivity (Wildman–Crippen MR) is 53.7 cm³/mol. The molecule has 0 fully saturated rings. The smallest absolute Gasteiger partial charge is 0.354 e. The summed E-state index contributed by atoms with van der Waals surface area (Å²) in [7, 11) is 1.30. The SMILES string of the molecule is COC(=O)c1cc(Br)cn1CC(N)O. The molecule has 6 heteroatoms. The van der Waals surface area contributed by atoms with E-state index in [2.05, 4.69) is 20.7 Å². The minimum absolute atomic E-state index is 0.149. The molecule has 0 bridgehead atoms. The fourth-order valence-electron chi connectivity index (χ4n) is 1.10. The second-order valence-electron chi connectivity index (χ2n) is 2.75. The number of nitrogens with two attached hydrogens (primary N) is 1. The molecule has 3 N–H and O–H groups in total. The van der Waals surface area contributed by atoms with Gasteiger partial charge in [0, 0.05) is 10.7 Å². The second kappa shape index (κ2) is 4.59. The first-order valence-electron chi connectivity index (χ1n) is 3.92. The van der Waals surface area contributed by atoms with Gasteiger partial charge in [0.2, 0.25) is 0 Å². The summed E-state index contributed by atoms with van der Waals surface area (Å²) in [5, 5.41) is 8.98. The van der Waals surface area contributed by atoms with Crippen molar-refractivity contribution in [3.8, 4) is 0 Å². The van der Waals surface area contributed by atoms with Crippen molar-refractivity contribution in [1.29, 1.82) is 0 Å². The highest BCUT2D eigenvalue weighted by atomic mass is 79.9.